The Bertz CT molecular complexity index is 839. The lowest BCUT2D eigenvalue weighted by Gasteiger charge is -2.15. The van der Waals surface area contributed by atoms with Gasteiger partial charge in [0, 0.05) is 37.7 Å². The van der Waals surface area contributed by atoms with Crippen LogP contribution in [0, 0.1) is 16.0 Å². The molecule has 0 bridgehead atoms. The molecule has 0 radical (unpaired) electrons. The maximum Gasteiger partial charge on any atom is 0.269 e. The molecule has 1 aliphatic rings. The average molecular weight is 526 g/mol. The van der Waals surface area contributed by atoms with Gasteiger partial charge in [-0.1, -0.05) is 24.3 Å². The van der Waals surface area contributed by atoms with Crippen LogP contribution in [0.3, 0.4) is 0 Å². The quantitative estimate of drug-likeness (QED) is 0.180. The molecule has 2 aromatic rings. The number of nitro groups is 1. The van der Waals surface area contributed by atoms with Crippen molar-refractivity contribution in [3.05, 3.63) is 69.8 Å². The summed E-state index contributed by atoms with van der Waals surface area (Å²) in [6, 6.07) is 14.3. The molecule has 0 amide bonds. The summed E-state index contributed by atoms with van der Waals surface area (Å²) in [7, 11) is 1.64. The third-order valence-corrected chi connectivity index (χ3v) is 4.74. The summed E-state index contributed by atoms with van der Waals surface area (Å²) in [6.07, 6.45) is 1.04. The number of methoxy groups -OCH3 is 1. The van der Waals surface area contributed by atoms with E-state index in [1.54, 1.807) is 19.2 Å². The van der Waals surface area contributed by atoms with Crippen LogP contribution in [-0.4, -0.2) is 37.8 Å². The van der Waals surface area contributed by atoms with Gasteiger partial charge in [0.2, 0.25) is 0 Å². The van der Waals surface area contributed by atoms with Gasteiger partial charge in [-0.15, -0.1) is 24.0 Å². The molecule has 0 spiro atoms. The van der Waals surface area contributed by atoms with Crippen LogP contribution < -0.4 is 15.4 Å². The number of nitrogens with zero attached hydrogens (tertiary/aromatic N) is 2. The van der Waals surface area contributed by atoms with Crippen LogP contribution in [-0.2, 0) is 17.8 Å². The predicted octanol–water partition coefficient (Wildman–Crippen LogP) is 3.49. The summed E-state index contributed by atoms with van der Waals surface area (Å²) in [5, 5.41) is 17.5. The lowest BCUT2D eigenvalue weighted by Crippen LogP contribution is -2.39. The monoisotopic (exact) mass is 526 g/mol. The number of halogens is 1. The average Bonchev–Trinajstić information content (AvgIpc) is 3.27. The summed E-state index contributed by atoms with van der Waals surface area (Å²) < 4.78 is 10.7. The van der Waals surface area contributed by atoms with E-state index in [2.05, 4.69) is 15.6 Å². The second-order valence-corrected chi connectivity index (χ2v) is 6.90. The molecular formula is C21H27IN4O4. The molecule has 3 rings (SSSR count). The van der Waals surface area contributed by atoms with Gasteiger partial charge in [-0.05, 0) is 29.7 Å². The number of aliphatic imine (C=N–C) groups is 1. The van der Waals surface area contributed by atoms with Gasteiger partial charge in [0.15, 0.2) is 5.96 Å². The Morgan fingerprint density at radius 3 is 2.70 bits per heavy atom. The molecule has 30 heavy (non-hydrogen) atoms. The van der Waals surface area contributed by atoms with Crippen LogP contribution in [0.4, 0.5) is 5.69 Å². The first-order chi connectivity index (χ1) is 14.1. The van der Waals surface area contributed by atoms with Gasteiger partial charge < -0.3 is 20.1 Å². The zero-order valence-corrected chi connectivity index (χ0v) is 19.2. The first kappa shape index (κ1) is 23.9. The van der Waals surface area contributed by atoms with Crippen molar-refractivity contribution in [2.45, 2.75) is 19.5 Å². The number of hydrogen-bond donors (Lipinski definition) is 2. The zero-order valence-electron chi connectivity index (χ0n) is 16.9. The highest BCUT2D eigenvalue weighted by Crippen LogP contribution is 2.14. The van der Waals surface area contributed by atoms with E-state index in [0.29, 0.717) is 25.0 Å². The Morgan fingerprint density at radius 1 is 1.23 bits per heavy atom. The molecule has 1 fully saturated rings. The highest BCUT2D eigenvalue weighted by Gasteiger charge is 2.15. The Balaban J connectivity index is 0.00000320. The first-order valence-electron chi connectivity index (χ1n) is 9.60. The highest BCUT2D eigenvalue weighted by molar-refractivity contribution is 14.0. The van der Waals surface area contributed by atoms with Crippen molar-refractivity contribution in [3.63, 3.8) is 0 Å². The van der Waals surface area contributed by atoms with E-state index < -0.39 is 4.92 Å². The van der Waals surface area contributed by atoms with Gasteiger partial charge in [-0.3, -0.25) is 10.1 Å². The van der Waals surface area contributed by atoms with Crippen LogP contribution in [0.2, 0.25) is 0 Å². The molecule has 0 aromatic heterocycles. The topological polar surface area (TPSA) is 98.0 Å². The summed E-state index contributed by atoms with van der Waals surface area (Å²) in [6.45, 7) is 3.37. The van der Waals surface area contributed by atoms with E-state index in [-0.39, 0.29) is 29.7 Å². The molecule has 0 aliphatic carbocycles. The standard InChI is InChI=1S/C21H26N4O4.HI/c1-28-20-4-2-3-17(11-20)13-23-21(24-14-18-9-10-29-15-18)22-12-16-5-7-19(8-6-16)25(26)27;/h2-8,11,18H,9-10,12-15H2,1H3,(H2,22,23,24);1H. The first-order valence-corrected chi connectivity index (χ1v) is 9.60. The van der Waals surface area contributed by atoms with Crippen molar-refractivity contribution in [1.29, 1.82) is 0 Å². The van der Waals surface area contributed by atoms with Crippen molar-refractivity contribution >= 4 is 35.6 Å². The van der Waals surface area contributed by atoms with Gasteiger partial charge in [0.05, 0.1) is 25.2 Å². The van der Waals surface area contributed by atoms with Gasteiger partial charge in [0.1, 0.15) is 5.75 Å². The number of ether oxygens (including phenoxy) is 2. The van der Waals surface area contributed by atoms with Gasteiger partial charge in [-0.2, -0.15) is 0 Å². The molecule has 1 saturated heterocycles. The van der Waals surface area contributed by atoms with Crippen molar-refractivity contribution < 1.29 is 14.4 Å². The minimum Gasteiger partial charge on any atom is -0.497 e. The third-order valence-electron chi connectivity index (χ3n) is 4.74. The summed E-state index contributed by atoms with van der Waals surface area (Å²) >= 11 is 0. The number of rotatable bonds is 8. The summed E-state index contributed by atoms with van der Waals surface area (Å²) in [5.41, 5.74) is 2.07. The molecule has 1 unspecified atom stereocenters. The van der Waals surface area contributed by atoms with E-state index in [1.165, 1.54) is 12.1 Å². The van der Waals surface area contributed by atoms with Crippen LogP contribution >= 0.6 is 24.0 Å². The van der Waals surface area contributed by atoms with Crippen LogP contribution in [0.5, 0.6) is 5.75 Å². The van der Waals surface area contributed by atoms with Crippen LogP contribution in [0.15, 0.2) is 53.5 Å². The lowest BCUT2D eigenvalue weighted by atomic mass is 10.1. The molecule has 1 aliphatic heterocycles. The number of non-ortho nitro benzene ring substituents is 1. The molecule has 9 heteroatoms. The maximum atomic E-state index is 10.8. The Kier molecular flexibility index (Phi) is 9.81. The lowest BCUT2D eigenvalue weighted by molar-refractivity contribution is -0.384. The van der Waals surface area contributed by atoms with E-state index in [0.717, 1.165) is 43.1 Å². The molecule has 1 atom stereocenters. The minimum atomic E-state index is -0.399. The predicted molar refractivity (Wildman–Crippen MR) is 126 cm³/mol. The minimum absolute atomic E-state index is 0. The Labute approximate surface area is 193 Å². The number of benzene rings is 2. The fourth-order valence-corrected chi connectivity index (χ4v) is 3.02. The van der Waals surface area contributed by atoms with Gasteiger partial charge >= 0.3 is 0 Å². The summed E-state index contributed by atoms with van der Waals surface area (Å²) in [5.74, 6) is 1.96. The van der Waals surface area contributed by atoms with Crippen molar-refractivity contribution in [3.8, 4) is 5.75 Å². The Morgan fingerprint density at radius 2 is 2.03 bits per heavy atom. The fraction of sp³-hybridized carbons (Fsp3) is 0.381. The molecule has 0 saturated carbocycles. The van der Waals surface area contributed by atoms with E-state index in [9.17, 15) is 10.1 Å². The van der Waals surface area contributed by atoms with E-state index in [4.69, 9.17) is 9.47 Å². The number of nitro benzene ring substituents is 1. The fourth-order valence-electron chi connectivity index (χ4n) is 3.02. The van der Waals surface area contributed by atoms with Crippen LogP contribution in [0.1, 0.15) is 17.5 Å². The zero-order chi connectivity index (χ0) is 20.5. The van der Waals surface area contributed by atoms with E-state index >= 15 is 0 Å². The number of nitrogens with one attached hydrogen (secondary N) is 2. The van der Waals surface area contributed by atoms with Crippen molar-refractivity contribution in [1.82, 2.24) is 10.6 Å². The molecule has 2 aromatic carbocycles. The Hall–Kier alpha value is -2.40. The summed E-state index contributed by atoms with van der Waals surface area (Å²) in [4.78, 5) is 15.1. The van der Waals surface area contributed by atoms with Gasteiger partial charge in [-0.25, -0.2) is 4.99 Å². The normalized spacial score (nSPS) is 15.9. The highest BCUT2D eigenvalue weighted by atomic mass is 127. The number of hydrogen-bond acceptors (Lipinski definition) is 5. The smallest absolute Gasteiger partial charge is 0.269 e. The second kappa shape index (κ2) is 12.3. The molecule has 2 N–H and O–H groups in total. The maximum absolute atomic E-state index is 10.8. The third kappa shape index (κ3) is 7.45. The molecular weight excluding hydrogens is 499 g/mol. The van der Waals surface area contributed by atoms with Crippen molar-refractivity contribution in [2.75, 3.05) is 26.9 Å². The molecule has 1 heterocycles. The van der Waals surface area contributed by atoms with E-state index in [1.807, 2.05) is 24.3 Å². The molecule has 8 nitrogen and oxygen atoms in total. The SMILES string of the molecule is COc1cccc(CN=C(NCc2ccc([N+](=O)[O-])cc2)NCC2CCOC2)c1.I. The second-order valence-electron chi connectivity index (χ2n) is 6.90. The largest absolute Gasteiger partial charge is 0.497 e. The van der Waals surface area contributed by atoms with Crippen molar-refractivity contribution in [2.24, 2.45) is 10.9 Å². The number of guanidine groups is 1. The molecule has 162 valence electrons. The van der Waals surface area contributed by atoms with Gasteiger partial charge in [0.25, 0.3) is 5.69 Å². The van der Waals surface area contributed by atoms with Crippen LogP contribution in [0.25, 0.3) is 0 Å².